The average Bonchev–Trinajstić information content (AvgIpc) is 2.28. The Hall–Kier alpha value is -1.32. The van der Waals surface area contributed by atoms with Crippen molar-refractivity contribution in [2.75, 3.05) is 13.1 Å². The highest BCUT2D eigenvalue weighted by Gasteiger charge is 2.23. The van der Waals surface area contributed by atoms with Crippen LogP contribution in [0.5, 0.6) is 0 Å². The Morgan fingerprint density at radius 1 is 1.54 bits per heavy atom. The van der Waals surface area contributed by atoms with E-state index >= 15 is 0 Å². The Balaban J connectivity index is 2.19. The summed E-state index contributed by atoms with van der Waals surface area (Å²) in [5, 5.41) is 4.14. The van der Waals surface area contributed by atoms with E-state index in [0.29, 0.717) is 5.69 Å². The van der Waals surface area contributed by atoms with Gasteiger partial charge in [-0.15, -0.1) is 0 Å². The van der Waals surface area contributed by atoms with Gasteiger partial charge in [-0.1, -0.05) is 0 Å². The van der Waals surface area contributed by atoms with Crippen LogP contribution < -0.4 is 0 Å². The van der Waals surface area contributed by atoms with Gasteiger partial charge in [0.1, 0.15) is 0 Å². The van der Waals surface area contributed by atoms with Gasteiger partial charge in [-0.3, -0.25) is 9.48 Å². The van der Waals surface area contributed by atoms with Crippen molar-refractivity contribution < 1.29 is 4.79 Å². The summed E-state index contributed by atoms with van der Waals surface area (Å²) < 4.78 is 1.73. The number of likely N-dealkylation sites (tertiary alicyclic amines) is 1. The van der Waals surface area contributed by atoms with Crippen molar-refractivity contribution in [3.8, 4) is 0 Å². The smallest absolute Gasteiger partial charge is 0.274 e. The molecule has 0 radical (unpaired) electrons. The molecule has 70 valence electrons. The van der Waals surface area contributed by atoms with Crippen molar-refractivity contribution in [1.29, 1.82) is 0 Å². The molecule has 1 saturated heterocycles. The first-order chi connectivity index (χ1) is 6.18. The third kappa shape index (κ3) is 1.32. The predicted molar refractivity (Wildman–Crippen MR) is 48.5 cm³/mol. The van der Waals surface area contributed by atoms with Gasteiger partial charge >= 0.3 is 0 Å². The number of hydrogen-bond acceptors (Lipinski definition) is 2. The lowest BCUT2D eigenvalue weighted by Crippen LogP contribution is -2.42. The average molecular weight is 179 g/mol. The van der Waals surface area contributed by atoms with Crippen LogP contribution in [-0.4, -0.2) is 33.7 Å². The van der Waals surface area contributed by atoms with E-state index in [0.717, 1.165) is 25.2 Å². The maximum Gasteiger partial charge on any atom is 0.274 e. The number of hydrogen-bond donors (Lipinski definition) is 0. The molecule has 0 bridgehead atoms. The van der Waals surface area contributed by atoms with Crippen molar-refractivity contribution in [2.45, 2.75) is 13.3 Å². The molecule has 1 aromatic heterocycles. The highest BCUT2D eigenvalue weighted by molar-refractivity contribution is 5.92. The highest BCUT2D eigenvalue weighted by atomic mass is 16.2. The molecule has 1 aliphatic heterocycles. The Kier molecular flexibility index (Phi) is 1.83. The maximum atomic E-state index is 11.6. The third-order valence-electron chi connectivity index (χ3n) is 2.48. The van der Waals surface area contributed by atoms with E-state index in [4.69, 9.17) is 0 Å². The Bertz CT molecular complexity index is 319. The number of carbonyl (C=O) groups is 1. The minimum atomic E-state index is 0.0648. The second-order valence-corrected chi connectivity index (χ2v) is 3.44. The second kappa shape index (κ2) is 2.87. The molecule has 0 saturated carbocycles. The molecule has 2 heterocycles. The molecule has 1 aliphatic rings. The van der Waals surface area contributed by atoms with Gasteiger partial charge in [0.05, 0.1) is 0 Å². The lowest BCUT2D eigenvalue weighted by Gasteiger charge is -2.29. The second-order valence-electron chi connectivity index (χ2n) is 3.44. The molecule has 4 heteroatoms. The molecule has 2 rings (SSSR count). The Labute approximate surface area is 77.1 Å². The number of aromatic nitrogens is 2. The van der Waals surface area contributed by atoms with Gasteiger partial charge in [0.25, 0.3) is 5.91 Å². The first-order valence-electron chi connectivity index (χ1n) is 4.48. The molecule has 0 aliphatic carbocycles. The van der Waals surface area contributed by atoms with Crippen molar-refractivity contribution in [3.05, 3.63) is 17.5 Å². The number of rotatable bonds is 1. The largest absolute Gasteiger partial charge is 0.337 e. The summed E-state index contributed by atoms with van der Waals surface area (Å²) in [6, 6.07) is 1.83. The standard InChI is InChI=1S/C9H13N3O/c1-7-6-8(10-11(7)2)9(13)12-4-3-5-12/h6H,3-5H2,1-2H3. The Morgan fingerprint density at radius 3 is 2.62 bits per heavy atom. The minimum Gasteiger partial charge on any atom is -0.337 e. The van der Waals surface area contributed by atoms with Gasteiger partial charge in [0.2, 0.25) is 0 Å². The zero-order chi connectivity index (χ0) is 9.42. The van der Waals surface area contributed by atoms with Gasteiger partial charge < -0.3 is 4.90 Å². The minimum absolute atomic E-state index is 0.0648. The quantitative estimate of drug-likeness (QED) is 0.632. The van der Waals surface area contributed by atoms with Gasteiger partial charge in [-0.05, 0) is 19.4 Å². The van der Waals surface area contributed by atoms with Crippen LogP contribution in [0, 0.1) is 6.92 Å². The molecular weight excluding hydrogens is 166 g/mol. The van der Waals surface area contributed by atoms with Crippen LogP contribution in [-0.2, 0) is 7.05 Å². The molecule has 4 nitrogen and oxygen atoms in total. The fourth-order valence-electron chi connectivity index (χ4n) is 1.35. The summed E-state index contributed by atoms with van der Waals surface area (Å²) in [5.74, 6) is 0.0648. The van der Waals surface area contributed by atoms with Gasteiger partial charge in [-0.2, -0.15) is 5.10 Å². The van der Waals surface area contributed by atoms with Crippen LogP contribution in [0.2, 0.25) is 0 Å². The number of carbonyl (C=O) groups excluding carboxylic acids is 1. The van der Waals surface area contributed by atoms with Crippen LogP contribution in [0.3, 0.4) is 0 Å². The van der Waals surface area contributed by atoms with E-state index in [1.54, 1.807) is 4.68 Å². The summed E-state index contributed by atoms with van der Waals surface area (Å²) in [5.41, 5.74) is 1.59. The van der Waals surface area contributed by atoms with E-state index in [9.17, 15) is 4.79 Å². The van der Waals surface area contributed by atoms with E-state index < -0.39 is 0 Å². The van der Waals surface area contributed by atoms with E-state index in [1.807, 2.05) is 24.9 Å². The zero-order valence-electron chi connectivity index (χ0n) is 7.95. The van der Waals surface area contributed by atoms with Crippen molar-refractivity contribution >= 4 is 5.91 Å². The summed E-state index contributed by atoms with van der Waals surface area (Å²) in [6.45, 7) is 3.71. The predicted octanol–water partition coefficient (Wildman–Crippen LogP) is 0.574. The summed E-state index contributed by atoms with van der Waals surface area (Å²) in [4.78, 5) is 13.5. The van der Waals surface area contributed by atoms with E-state index in [-0.39, 0.29) is 5.91 Å². The van der Waals surface area contributed by atoms with Crippen LogP contribution in [0.25, 0.3) is 0 Å². The third-order valence-corrected chi connectivity index (χ3v) is 2.48. The number of nitrogens with zero attached hydrogens (tertiary/aromatic N) is 3. The molecule has 0 atom stereocenters. The van der Waals surface area contributed by atoms with Gasteiger partial charge in [-0.25, -0.2) is 0 Å². The molecular formula is C9H13N3O. The van der Waals surface area contributed by atoms with E-state index in [2.05, 4.69) is 5.10 Å². The summed E-state index contributed by atoms with van der Waals surface area (Å²) in [7, 11) is 1.85. The fraction of sp³-hybridized carbons (Fsp3) is 0.556. The Morgan fingerprint density at radius 2 is 2.23 bits per heavy atom. The lowest BCUT2D eigenvalue weighted by molar-refractivity contribution is 0.0645. The van der Waals surface area contributed by atoms with Crippen molar-refractivity contribution in [1.82, 2.24) is 14.7 Å². The molecule has 1 aromatic rings. The molecule has 13 heavy (non-hydrogen) atoms. The zero-order valence-corrected chi connectivity index (χ0v) is 7.95. The molecule has 0 N–H and O–H groups in total. The molecule has 0 unspecified atom stereocenters. The van der Waals surface area contributed by atoms with Crippen molar-refractivity contribution in [2.24, 2.45) is 7.05 Å². The fourth-order valence-corrected chi connectivity index (χ4v) is 1.35. The number of aryl methyl sites for hydroxylation is 2. The number of amides is 1. The normalized spacial score (nSPS) is 15.7. The van der Waals surface area contributed by atoms with Crippen LogP contribution in [0.1, 0.15) is 22.6 Å². The van der Waals surface area contributed by atoms with Crippen molar-refractivity contribution in [3.63, 3.8) is 0 Å². The molecule has 1 amide bonds. The van der Waals surface area contributed by atoms with Gasteiger partial charge in [0.15, 0.2) is 5.69 Å². The molecule has 1 fully saturated rings. The van der Waals surface area contributed by atoms with Crippen LogP contribution >= 0.6 is 0 Å². The molecule has 0 aromatic carbocycles. The SMILES string of the molecule is Cc1cc(C(=O)N2CCC2)nn1C. The first kappa shape index (κ1) is 8.29. The van der Waals surface area contributed by atoms with Crippen LogP contribution in [0.15, 0.2) is 6.07 Å². The lowest BCUT2D eigenvalue weighted by atomic mass is 10.2. The monoisotopic (exact) mass is 179 g/mol. The van der Waals surface area contributed by atoms with Gasteiger partial charge in [0, 0.05) is 25.8 Å². The summed E-state index contributed by atoms with van der Waals surface area (Å²) in [6.07, 6.45) is 1.12. The highest BCUT2D eigenvalue weighted by Crippen LogP contribution is 2.11. The maximum absolute atomic E-state index is 11.6. The van der Waals surface area contributed by atoms with Crippen LogP contribution in [0.4, 0.5) is 0 Å². The summed E-state index contributed by atoms with van der Waals surface area (Å²) >= 11 is 0. The van der Waals surface area contributed by atoms with E-state index in [1.165, 1.54) is 0 Å². The topological polar surface area (TPSA) is 38.1 Å². The molecule has 0 spiro atoms. The first-order valence-corrected chi connectivity index (χ1v) is 4.48.